The molecule has 0 spiro atoms. The summed E-state index contributed by atoms with van der Waals surface area (Å²) in [5.74, 6) is 0.689. The van der Waals surface area contributed by atoms with Crippen LogP contribution in [0.15, 0.2) is 29.6 Å². The van der Waals surface area contributed by atoms with Crippen LogP contribution in [0.5, 0.6) is 0 Å². The molecule has 2 nitrogen and oxygen atoms in total. The molecule has 2 N–H and O–H groups in total. The van der Waals surface area contributed by atoms with Gasteiger partial charge in [0.1, 0.15) is 5.01 Å². The van der Waals surface area contributed by atoms with Crippen molar-refractivity contribution in [3.8, 4) is 11.3 Å². The summed E-state index contributed by atoms with van der Waals surface area (Å²) in [6, 6.07) is 8.73. The van der Waals surface area contributed by atoms with Crippen molar-refractivity contribution in [2.24, 2.45) is 11.7 Å². The van der Waals surface area contributed by atoms with Gasteiger partial charge in [-0.2, -0.15) is 0 Å². The van der Waals surface area contributed by atoms with Crippen LogP contribution in [0.2, 0.25) is 0 Å². The Balaban J connectivity index is 2.20. The zero-order chi connectivity index (χ0) is 14.8. The monoisotopic (exact) mass is 288 g/mol. The summed E-state index contributed by atoms with van der Waals surface area (Å²) >= 11 is 1.65. The largest absolute Gasteiger partial charge is 0.320 e. The first-order chi connectivity index (χ1) is 9.42. The average molecular weight is 288 g/mol. The number of hydrogen-bond donors (Lipinski definition) is 1. The molecule has 0 aliphatic heterocycles. The van der Waals surface area contributed by atoms with Crippen LogP contribution in [-0.4, -0.2) is 4.98 Å². The Morgan fingerprint density at radius 3 is 2.45 bits per heavy atom. The molecule has 0 saturated carbocycles. The molecule has 0 bridgehead atoms. The minimum atomic E-state index is -0.319. The molecule has 1 unspecified atom stereocenters. The molecule has 20 heavy (non-hydrogen) atoms. The fourth-order valence-electron chi connectivity index (χ4n) is 2.10. The van der Waals surface area contributed by atoms with Crippen LogP contribution in [0.4, 0.5) is 0 Å². The maximum Gasteiger partial charge on any atom is 0.113 e. The Bertz CT molecular complexity index is 553. The van der Waals surface area contributed by atoms with Crippen LogP contribution in [0.1, 0.15) is 44.7 Å². The Kier molecular flexibility index (Phi) is 4.61. The Morgan fingerprint density at radius 1 is 1.25 bits per heavy atom. The second-order valence-electron chi connectivity index (χ2n) is 6.10. The number of aromatic nitrogens is 1. The summed E-state index contributed by atoms with van der Waals surface area (Å²) in [5.41, 5.74) is 9.53. The van der Waals surface area contributed by atoms with Gasteiger partial charge in [0.05, 0.1) is 11.2 Å². The third-order valence-corrected chi connectivity index (χ3v) is 4.74. The summed E-state index contributed by atoms with van der Waals surface area (Å²) in [6.45, 7) is 8.63. The number of nitrogens with two attached hydrogens (primary N) is 1. The number of rotatable bonds is 5. The molecule has 0 saturated heterocycles. The highest BCUT2D eigenvalue weighted by molar-refractivity contribution is 7.10. The maximum absolute atomic E-state index is 6.26. The van der Waals surface area contributed by atoms with E-state index >= 15 is 0 Å². The highest BCUT2D eigenvalue weighted by Crippen LogP contribution is 2.29. The van der Waals surface area contributed by atoms with Crippen LogP contribution in [0, 0.1) is 5.92 Å². The van der Waals surface area contributed by atoms with Crippen LogP contribution in [0.3, 0.4) is 0 Å². The zero-order valence-electron chi connectivity index (χ0n) is 12.8. The van der Waals surface area contributed by atoms with Gasteiger partial charge in [-0.05, 0) is 31.2 Å². The van der Waals surface area contributed by atoms with Crippen LogP contribution >= 0.6 is 11.3 Å². The lowest BCUT2D eigenvalue weighted by Crippen LogP contribution is -2.31. The van der Waals surface area contributed by atoms with Gasteiger partial charge in [0.15, 0.2) is 0 Å². The fraction of sp³-hybridized carbons (Fsp3) is 0.471. The maximum atomic E-state index is 6.26. The van der Waals surface area contributed by atoms with Crippen LogP contribution < -0.4 is 5.73 Å². The van der Waals surface area contributed by atoms with Crippen molar-refractivity contribution in [1.82, 2.24) is 4.98 Å². The lowest BCUT2D eigenvalue weighted by atomic mass is 10.0. The van der Waals surface area contributed by atoms with E-state index in [1.807, 2.05) is 6.92 Å². The molecule has 1 atom stereocenters. The van der Waals surface area contributed by atoms with E-state index in [4.69, 9.17) is 10.7 Å². The lowest BCUT2D eigenvalue weighted by molar-refractivity contribution is 0.474. The smallest absolute Gasteiger partial charge is 0.113 e. The number of thiazole rings is 1. The Morgan fingerprint density at radius 2 is 1.90 bits per heavy atom. The van der Waals surface area contributed by atoms with Crippen molar-refractivity contribution >= 4 is 11.3 Å². The first-order valence-corrected chi connectivity index (χ1v) is 8.14. The van der Waals surface area contributed by atoms with E-state index in [1.54, 1.807) is 11.3 Å². The highest BCUT2D eigenvalue weighted by Gasteiger charge is 2.22. The van der Waals surface area contributed by atoms with Gasteiger partial charge in [0.2, 0.25) is 0 Å². The summed E-state index contributed by atoms with van der Waals surface area (Å²) in [5, 5.41) is 3.12. The van der Waals surface area contributed by atoms with E-state index in [9.17, 15) is 0 Å². The van der Waals surface area contributed by atoms with Gasteiger partial charge >= 0.3 is 0 Å². The highest BCUT2D eigenvalue weighted by atomic mass is 32.1. The van der Waals surface area contributed by atoms with Crippen LogP contribution in [0.25, 0.3) is 11.3 Å². The minimum absolute atomic E-state index is 0.319. The van der Waals surface area contributed by atoms with Crippen LogP contribution in [-0.2, 0) is 12.0 Å². The van der Waals surface area contributed by atoms with Gasteiger partial charge in [0, 0.05) is 10.9 Å². The zero-order valence-corrected chi connectivity index (χ0v) is 13.6. The van der Waals surface area contributed by atoms with Crippen molar-refractivity contribution in [3.05, 3.63) is 40.2 Å². The molecule has 0 fully saturated rings. The molecular weight excluding hydrogens is 264 g/mol. The molecular formula is C17H24N2S. The quantitative estimate of drug-likeness (QED) is 0.873. The van der Waals surface area contributed by atoms with E-state index in [1.165, 1.54) is 11.1 Å². The standard InChI is InChI=1S/C17H24N2S/c1-5-17(4,18)16-19-15(11-20-16)14-8-6-13(7-9-14)10-12(2)3/h6-9,11-12H,5,10,18H2,1-4H3. The molecule has 0 amide bonds. The van der Waals surface area contributed by atoms with Crippen molar-refractivity contribution < 1.29 is 0 Å². The van der Waals surface area contributed by atoms with Gasteiger partial charge < -0.3 is 5.73 Å². The van der Waals surface area contributed by atoms with Crippen molar-refractivity contribution in [2.75, 3.05) is 0 Å². The Hall–Kier alpha value is -1.19. The molecule has 0 aliphatic carbocycles. The second-order valence-corrected chi connectivity index (χ2v) is 6.96. The van der Waals surface area contributed by atoms with Gasteiger partial charge in [-0.3, -0.25) is 0 Å². The average Bonchev–Trinajstić information content (AvgIpc) is 2.89. The van der Waals surface area contributed by atoms with E-state index in [0.717, 1.165) is 23.5 Å². The van der Waals surface area contributed by atoms with Gasteiger partial charge in [-0.1, -0.05) is 45.0 Å². The molecule has 0 aliphatic rings. The lowest BCUT2D eigenvalue weighted by Gasteiger charge is -2.18. The first-order valence-electron chi connectivity index (χ1n) is 7.26. The second kappa shape index (κ2) is 6.06. The van der Waals surface area contributed by atoms with Gasteiger partial charge in [-0.15, -0.1) is 11.3 Å². The summed E-state index contributed by atoms with van der Waals surface area (Å²) in [7, 11) is 0. The molecule has 1 aromatic carbocycles. The SMILES string of the molecule is CCC(C)(N)c1nc(-c2ccc(CC(C)C)cc2)cs1. The summed E-state index contributed by atoms with van der Waals surface area (Å²) < 4.78 is 0. The van der Waals surface area contributed by atoms with Gasteiger partial charge in [0.25, 0.3) is 0 Å². The minimum Gasteiger partial charge on any atom is -0.320 e. The van der Waals surface area contributed by atoms with Crippen molar-refractivity contribution in [3.63, 3.8) is 0 Å². The third-order valence-electron chi connectivity index (χ3n) is 3.62. The fourth-order valence-corrected chi connectivity index (χ4v) is 3.08. The predicted molar refractivity (Wildman–Crippen MR) is 87.9 cm³/mol. The summed E-state index contributed by atoms with van der Waals surface area (Å²) in [4.78, 5) is 4.71. The Labute approximate surface area is 126 Å². The summed E-state index contributed by atoms with van der Waals surface area (Å²) in [6.07, 6.45) is 2.02. The normalized spacial score (nSPS) is 14.5. The van der Waals surface area contributed by atoms with E-state index in [2.05, 4.69) is 50.4 Å². The van der Waals surface area contributed by atoms with E-state index in [0.29, 0.717) is 5.92 Å². The number of benzene rings is 1. The molecule has 2 rings (SSSR count). The number of nitrogens with zero attached hydrogens (tertiary/aromatic N) is 1. The molecule has 108 valence electrons. The van der Waals surface area contributed by atoms with Gasteiger partial charge in [-0.25, -0.2) is 4.98 Å². The number of hydrogen-bond acceptors (Lipinski definition) is 3. The third kappa shape index (κ3) is 3.47. The first kappa shape index (κ1) is 15.2. The van der Waals surface area contributed by atoms with Crippen molar-refractivity contribution in [2.45, 2.75) is 46.1 Å². The molecule has 0 radical (unpaired) electrons. The predicted octanol–water partition coefficient (Wildman–Crippen LogP) is 4.59. The topological polar surface area (TPSA) is 38.9 Å². The molecule has 2 aromatic rings. The molecule has 3 heteroatoms. The molecule has 1 heterocycles. The van der Waals surface area contributed by atoms with E-state index < -0.39 is 0 Å². The van der Waals surface area contributed by atoms with E-state index in [-0.39, 0.29) is 5.54 Å². The molecule has 1 aromatic heterocycles. The van der Waals surface area contributed by atoms with Crippen molar-refractivity contribution in [1.29, 1.82) is 0 Å².